The van der Waals surface area contributed by atoms with Gasteiger partial charge >= 0.3 is 0 Å². The van der Waals surface area contributed by atoms with E-state index in [4.69, 9.17) is 16.3 Å². The number of alkyl halides is 1. The molecule has 4 heteroatoms. The van der Waals surface area contributed by atoms with E-state index < -0.39 is 0 Å². The van der Waals surface area contributed by atoms with Gasteiger partial charge in [0.15, 0.2) is 0 Å². The molecular formula is C15H21BrClNO. The van der Waals surface area contributed by atoms with Gasteiger partial charge in [0.25, 0.3) is 0 Å². The number of rotatable bonds is 7. The van der Waals surface area contributed by atoms with Crippen molar-refractivity contribution < 1.29 is 4.74 Å². The maximum absolute atomic E-state index is 5.79. The van der Waals surface area contributed by atoms with Crippen LogP contribution in [0.4, 0.5) is 0 Å². The summed E-state index contributed by atoms with van der Waals surface area (Å²) in [6.07, 6.45) is 4.97. The standard InChI is InChI=1S/C15H21BrClNO/c16-13-5-7-15(8-6-13)19-12-11-18-10-2-4-14(18)3-1-9-17/h5-8,14H,1-4,9-12H2. The summed E-state index contributed by atoms with van der Waals surface area (Å²) in [5.74, 6) is 1.72. The van der Waals surface area contributed by atoms with Gasteiger partial charge in [-0.25, -0.2) is 0 Å². The zero-order valence-electron chi connectivity index (χ0n) is 11.2. The fourth-order valence-corrected chi connectivity index (χ4v) is 3.06. The molecule has 0 spiro atoms. The molecule has 1 unspecified atom stereocenters. The molecule has 0 saturated carbocycles. The molecule has 0 aliphatic carbocycles. The van der Waals surface area contributed by atoms with Crippen molar-refractivity contribution >= 4 is 27.5 Å². The molecule has 106 valence electrons. The lowest BCUT2D eigenvalue weighted by molar-refractivity contribution is 0.190. The third-order valence-corrected chi connectivity index (χ3v) is 4.43. The molecule has 19 heavy (non-hydrogen) atoms. The van der Waals surface area contributed by atoms with Gasteiger partial charge in [0.05, 0.1) is 0 Å². The van der Waals surface area contributed by atoms with Gasteiger partial charge in [0, 0.05) is 22.9 Å². The molecule has 2 rings (SSSR count). The molecule has 1 aliphatic rings. The molecule has 0 aromatic heterocycles. The quantitative estimate of drug-likeness (QED) is 0.682. The van der Waals surface area contributed by atoms with Crippen LogP contribution >= 0.6 is 27.5 Å². The number of halogens is 2. The zero-order valence-corrected chi connectivity index (χ0v) is 13.5. The Kier molecular flexibility index (Phi) is 6.48. The normalized spacial score (nSPS) is 19.8. The van der Waals surface area contributed by atoms with Crippen LogP contribution < -0.4 is 4.74 Å². The number of likely N-dealkylation sites (tertiary alicyclic amines) is 1. The Balaban J connectivity index is 1.71. The van der Waals surface area contributed by atoms with Crippen LogP contribution in [0, 0.1) is 0 Å². The van der Waals surface area contributed by atoms with Crippen molar-refractivity contribution in [1.29, 1.82) is 0 Å². The summed E-state index contributed by atoms with van der Waals surface area (Å²) < 4.78 is 6.87. The molecule has 1 aromatic rings. The highest BCUT2D eigenvalue weighted by Gasteiger charge is 2.23. The summed E-state index contributed by atoms with van der Waals surface area (Å²) in [5.41, 5.74) is 0. The number of nitrogens with zero attached hydrogens (tertiary/aromatic N) is 1. The van der Waals surface area contributed by atoms with Crippen molar-refractivity contribution in [2.75, 3.05) is 25.6 Å². The van der Waals surface area contributed by atoms with Crippen LogP contribution in [-0.4, -0.2) is 36.5 Å². The first-order valence-electron chi connectivity index (χ1n) is 6.98. The molecule has 1 heterocycles. The van der Waals surface area contributed by atoms with E-state index in [-0.39, 0.29) is 0 Å². The fourth-order valence-electron chi connectivity index (χ4n) is 2.64. The van der Waals surface area contributed by atoms with Crippen molar-refractivity contribution in [3.8, 4) is 5.75 Å². The SMILES string of the molecule is ClCCCC1CCCN1CCOc1ccc(Br)cc1. The molecule has 0 radical (unpaired) electrons. The summed E-state index contributed by atoms with van der Waals surface area (Å²) in [7, 11) is 0. The maximum Gasteiger partial charge on any atom is 0.119 e. The van der Waals surface area contributed by atoms with E-state index in [2.05, 4.69) is 20.8 Å². The van der Waals surface area contributed by atoms with Crippen LogP contribution in [0.15, 0.2) is 28.7 Å². The minimum absolute atomic E-state index is 0.715. The Bertz CT molecular complexity index is 371. The van der Waals surface area contributed by atoms with E-state index in [0.717, 1.165) is 35.7 Å². The Hall–Kier alpha value is -0.250. The van der Waals surface area contributed by atoms with Crippen LogP contribution in [0.5, 0.6) is 5.75 Å². The number of benzene rings is 1. The molecule has 1 aliphatic heterocycles. The Morgan fingerprint density at radius 2 is 2.11 bits per heavy atom. The van der Waals surface area contributed by atoms with E-state index in [9.17, 15) is 0 Å². The first kappa shape index (κ1) is 15.1. The Labute approximate surface area is 129 Å². The van der Waals surface area contributed by atoms with Crippen molar-refractivity contribution in [3.05, 3.63) is 28.7 Å². The maximum atomic E-state index is 5.79. The fraction of sp³-hybridized carbons (Fsp3) is 0.600. The summed E-state index contributed by atoms with van der Waals surface area (Å²) in [5, 5.41) is 0. The smallest absolute Gasteiger partial charge is 0.119 e. The molecule has 0 bridgehead atoms. The van der Waals surface area contributed by atoms with Crippen LogP contribution in [0.2, 0.25) is 0 Å². The highest BCUT2D eigenvalue weighted by molar-refractivity contribution is 9.10. The van der Waals surface area contributed by atoms with Gasteiger partial charge in [-0.05, 0) is 56.5 Å². The van der Waals surface area contributed by atoms with Crippen LogP contribution in [0.1, 0.15) is 25.7 Å². The van der Waals surface area contributed by atoms with Gasteiger partial charge in [0.2, 0.25) is 0 Å². The zero-order chi connectivity index (χ0) is 13.5. The first-order valence-corrected chi connectivity index (χ1v) is 8.31. The van der Waals surface area contributed by atoms with Gasteiger partial charge in [-0.1, -0.05) is 15.9 Å². The third kappa shape index (κ3) is 4.97. The average molecular weight is 347 g/mol. The molecule has 0 N–H and O–H groups in total. The Morgan fingerprint density at radius 1 is 1.32 bits per heavy atom. The lowest BCUT2D eigenvalue weighted by Gasteiger charge is -2.24. The summed E-state index contributed by atoms with van der Waals surface area (Å²) >= 11 is 9.20. The van der Waals surface area contributed by atoms with Crippen molar-refractivity contribution in [2.45, 2.75) is 31.7 Å². The number of ether oxygens (including phenoxy) is 1. The van der Waals surface area contributed by atoms with Gasteiger partial charge in [-0.3, -0.25) is 4.90 Å². The number of hydrogen-bond acceptors (Lipinski definition) is 2. The van der Waals surface area contributed by atoms with Gasteiger partial charge < -0.3 is 4.74 Å². The highest BCUT2D eigenvalue weighted by atomic mass is 79.9. The largest absolute Gasteiger partial charge is 0.492 e. The minimum Gasteiger partial charge on any atom is -0.492 e. The van der Waals surface area contributed by atoms with Crippen LogP contribution in [0.25, 0.3) is 0 Å². The van der Waals surface area contributed by atoms with Crippen molar-refractivity contribution in [3.63, 3.8) is 0 Å². The molecule has 2 nitrogen and oxygen atoms in total. The number of hydrogen-bond donors (Lipinski definition) is 0. The molecular weight excluding hydrogens is 326 g/mol. The summed E-state index contributed by atoms with van der Waals surface area (Å²) in [6, 6.07) is 8.73. The molecule has 1 saturated heterocycles. The summed E-state index contributed by atoms with van der Waals surface area (Å²) in [4.78, 5) is 2.55. The molecule has 1 aromatic carbocycles. The highest BCUT2D eigenvalue weighted by Crippen LogP contribution is 2.21. The molecule has 0 amide bonds. The van der Waals surface area contributed by atoms with Crippen molar-refractivity contribution in [1.82, 2.24) is 4.90 Å². The second-order valence-corrected chi connectivity index (χ2v) is 6.26. The van der Waals surface area contributed by atoms with E-state index in [0.29, 0.717) is 6.04 Å². The second-order valence-electron chi connectivity index (χ2n) is 4.97. The van der Waals surface area contributed by atoms with Gasteiger partial charge in [-0.2, -0.15) is 0 Å². The van der Waals surface area contributed by atoms with Crippen LogP contribution in [0.3, 0.4) is 0 Å². The lowest BCUT2D eigenvalue weighted by atomic mass is 10.1. The predicted molar refractivity (Wildman–Crippen MR) is 84.2 cm³/mol. The van der Waals surface area contributed by atoms with Crippen LogP contribution in [-0.2, 0) is 0 Å². The van der Waals surface area contributed by atoms with E-state index in [1.807, 2.05) is 24.3 Å². The van der Waals surface area contributed by atoms with E-state index in [1.165, 1.54) is 25.8 Å². The lowest BCUT2D eigenvalue weighted by Crippen LogP contribution is -2.33. The molecule has 1 atom stereocenters. The van der Waals surface area contributed by atoms with Gasteiger partial charge in [0.1, 0.15) is 12.4 Å². The van der Waals surface area contributed by atoms with Crippen molar-refractivity contribution in [2.24, 2.45) is 0 Å². The second kappa shape index (κ2) is 8.13. The topological polar surface area (TPSA) is 12.5 Å². The summed E-state index contributed by atoms with van der Waals surface area (Å²) in [6.45, 7) is 2.98. The van der Waals surface area contributed by atoms with E-state index in [1.54, 1.807) is 0 Å². The molecule has 1 fully saturated rings. The Morgan fingerprint density at radius 3 is 2.84 bits per heavy atom. The minimum atomic E-state index is 0.715. The predicted octanol–water partition coefficient (Wildman–Crippen LogP) is 4.31. The monoisotopic (exact) mass is 345 g/mol. The van der Waals surface area contributed by atoms with Gasteiger partial charge in [-0.15, -0.1) is 11.6 Å². The first-order chi connectivity index (χ1) is 9.29. The van der Waals surface area contributed by atoms with E-state index >= 15 is 0 Å². The average Bonchev–Trinajstić information content (AvgIpc) is 2.86. The third-order valence-electron chi connectivity index (χ3n) is 3.63.